The molecule has 1 saturated heterocycles. The lowest BCUT2D eigenvalue weighted by Gasteiger charge is -2.43. The molecule has 3 N–H and O–H groups in total. The van der Waals surface area contributed by atoms with Crippen LogP contribution in [0.4, 0.5) is 0 Å². The van der Waals surface area contributed by atoms with Crippen LogP contribution in [0.1, 0.15) is 0 Å². The third kappa shape index (κ3) is 2.60. The van der Waals surface area contributed by atoms with Crippen LogP contribution in [0.2, 0.25) is 0 Å². The van der Waals surface area contributed by atoms with Gasteiger partial charge in [-0.2, -0.15) is 0 Å². The number of aliphatic hydroxyl groups is 1. The van der Waals surface area contributed by atoms with Crippen LogP contribution in [0.15, 0.2) is 0 Å². The fourth-order valence-electron chi connectivity index (χ4n) is 1.09. The molecule has 0 spiro atoms. The maximum Gasteiger partial charge on any atom is 0.102 e. The molecule has 0 aliphatic carbocycles. The van der Waals surface area contributed by atoms with Crippen molar-refractivity contribution in [3.8, 4) is 0 Å². The van der Waals surface area contributed by atoms with E-state index >= 15 is 0 Å². The highest BCUT2D eigenvalue weighted by molar-refractivity contribution is 5.85. The molecule has 0 amide bonds. The first kappa shape index (κ1) is 13.1. The van der Waals surface area contributed by atoms with E-state index < -0.39 is 5.60 Å². The molecule has 64 valence electrons. The molecule has 1 fully saturated rings. The molecule has 0 bridgehead atoms. The standard InChI is InChI=1S/C5H12N2O.2ClH/c1-7-3-5(8,2-6)4-7;;/h8H,2-4,6H2,1H3;2*1H. The molecule has 1 aliphatic rings. The minimum absolute atomic E-state index is 0. The van der Waals surface area contributed by atoms with Gasteiger partial charge in [0, 0.05) is 19.6 Å². The number of hydrogen-bond donors (Lipinski definition) is 2. The summed E-state index contributed by atoms with van der Waals surface area (Å²) in [5.74, 6) is 0. The van der Waals surface area contributed by atoms with Crippen molar-refractivity contribution in [2.75, 3.05) is 26.7 Å². The number of nitrogens with zero attached hydrogens (tertiary/aromatic N) is 1. The van der Waals surface area contributed by atoms with E-state index in [1.807, 2.05) is 11.9 Å². The van der Waals surface area contributed by atoms with Crippen LogP contribution in [-0.4, -0.2) is 42.3 Å². The minimum Gasteiger partial charge on any atom is -0.386 e. The van der Waals surface area contributed by atoms with Gasteiger partial charge in [0.25, 0.3) is 0 Å². The quantitative estimate of drug-likeness (QED) is 0.582. The van der Waals surface area contributed by atoms with E-state index in [1.54, 1.807) is 0 Å². The van der Waals surface area contributed by atoms with Gasteiger partial charge in [0.1, 0.15) is 5.60 Å². The van der Waals surface area contributed by atoms with Gasteiger partial charge >= 0.3 is 0 Å². The van der Waals surface area contributed by atoms with E-state index in [2.05, 4.69) is 0 Å². The second-order valence-electron chi connectivity index (χ2n) is 2.60. The summed E-state index contributed by atoms with van der Waals surface area (Å²) in [6.07, 6.45) is 0. The first-order valence-electron chi connectivity index (χ1n) is 2.77. The largest absolute Gasteiger partial charge is 0.386 e. The molecule has 3 nitrogen and oxygen atoms in total. The number of likely N-dealkylation sites (tertiary alicyclic amines) is 1. The van der Waals surface area contributed by atoms with Crippen molar-refractivity contribution in [2.45, 2.75) is 5.60 Å². The van der Waals surface area contributed by atoms with E-state index in [0.717, 1.165) is 13.1 Å². The molecule has 0 aromatic carbocycles. The summed E-state index contributed by atoms with van der Waals surface area (Å²) in [6, 6.07) is 0. The number of rotatable bonds is 1. The Morgan fingerprint density at radius 3 is 2.00 bits per heavy atom. The molecule has 0 saturated carbocycles. The lowest BCUT2D eigenvalue weighted by Crippen LogP contribution is -2.63. The van der Waals surface area contributed by atoms with Crippen LogP contribution in [0.5, 0.6) is 0 Å². The Hall–Kier alpha value is 0.460. The zero-order chi connectivity index (χ0) is 6.20. The lowest BCUT2D eigenvalue weighted by atomic mass is 9.96. The zero-order valence-electron chi connectivity index (χ0n) is 5.91. The average Bonchev–Trinajstić information content (AvgIpc) is 1.63. The first-order chi connectivity index (χ1) is 3.66. The molecule has 0 aromatic rings. The molecular weight excluding hydrogens is 175 g/mol. The summed E-state index contributed by atoms with van der Waals surface area (Å²) in [4.78, 5) is 2.03. The van der Waals surface area contributed by atoms with Crippen molar-refractivity contribution in [1.82, 2.24) is 4.90 Å². The summed E-state index contributed by atoms with van der Waals surface area (Å²) in [7, 11) is 1.96. The Kier molecular flexibility index (Phi) is 5.70. The van der Waals surface area contributed by atoms with Crippen molar-refractivity contribution in [2.24, 2.45) is 5.73 Å². The van der Waals surface area contributed by atoms with Gasteiger partial charge in [-0.05, 0) is 7.05 Å². The fourth-order valence-corrected chi connectivity index (χ4v) is 1.09. The molecule has 10 heavy (non-hydrogen) atoms. The van der Waals surface area contributed by atoms with Gasteiger partial charge in [0.05, 0.1) is 0 Å². The number of nitrogens with two attached hydrogens (primary N) is 1. The molecule has 1 rings (SSSR count). The molecule has 1 heterocycles. The molecule has 0 aromatic heterocycles. The van der Waals surface area contributed by atoms with Crippen LogP contribution in [-0.2, 0) is 0 Å². The Bertz CT molecular complexity index is 95.6. The number of halogens is 2. The second-order valence-corrected chi connectivity index (χ2v) is 2.60. The van der Waals surface area contributed by atoms with Crippen LogP contribution in [0.3, 0.4) is 0 Å². The normalized spacial score (nSPS) is 21.9. The monoisotopic (exact) mass is 188 g/mol. The Morgan fingerprint density at radius 1 is 1.50 bits per heavy atom. The third-order valence-corrected chi connectivity index (χ3v) is 1.51. The van der Waals surface area contributed by atoms with Crippen molar-refractivity contribution in [3.05, 3.63) is 0 Å². The summed E-state index contributed by atoms with van der Waals surface area (Å²) >= 11 is 0. The van der Waals surface area contributed by atoms with Gasteiger partial charge in [0.15, 0.2) is 0 Å². The summed E-state index contributed by atoms with van der Waals surface area (Å²) in [5.41, 5.74) is 4.69. The molecule has 0 radical (unpaired) electrons. The summed E-state index contributed by atoms with van der Waals surface area (Å²) in [5, 5.41) is 9.22. The first-order valence-corrected chi connectivity index (χ1v) is 2.77. The van der Waals surface area contributed by atoms with Crippen molar-refractivity contribution in [3.63, 3.8) is 0 Å². The van der Waals surface area contributed by atoms with E-state index in [4.69, 9.17) is 5.73 Å². The van der Waals surface area contributed by atoms with Crippen molar-refractivity contribution < 1.29 is 5.11 Å². The van der Waals surface area contributed by atoms with E-state index in [0.29, 0.717) is 6.54 Å². The highest BCUT2D eigenvalue weighted by Crippen LogP contribution is 2.15. The number of likely N-dealkylation sites (N-methyl/N-ethyl adjacent to an activating group) is 1. The molecule has 1 aliphatic heterocycles. The van der Waals surface area contributed by atoms with E-state index in [1.165, 1.54) is 0 Å². The average molecular weight is 189 g/mol. The second kappa shape index (κ2) is 4.36. The van der Waals surface area contributed by atoms with E-state index in [9.17, 15) is 5.11 Å². The van der Waals surface area contributed by atoms with Gasteiger partial charge in [0.2, 0.25) is 0 Å². The molecular formula is C5H14Cl2N2O. The van der Waals surface area contributed by atoms with E-state index in [-0.39, 0.29) is 24.8 Å². The smallest absolute Gasteiger partial charge is 0.102 e. The summed E-state index contributed by atoms with van der Waals surface area (Å²) < 4.78 is 0. The molecule has 0 atom stereocenters. The van der Waals surface area contributed by atoms with Gasteiger partial charge in [-0.25, -0.2) is 0 Å². The van der Waals surface area contributed by atoms with Crippen LogP contribution in [0.25, 0.3) is 0 Å². The van der Waals surface area contributed by atoms with Gasteiger partial charge in [-0.1, -0.05) is 0 Å². The Balaban J connectivity index is 0. The third-order valence-electron chi connectivity index (χ3n) is 1.51. The molecule has 5 heteroatoms. The minimum atomic E-state index is -0.561. The lowest BCUT2D eigenvalue weighted by molar-refractivity contribution is -0.0778. The van der Waals surface area contributed by atoms with Crippen molar-refractivity contribution >= 4 is 24.8 Å². The Labute approximate surface area is 73.4 Å². The fraction of sp³-hybridized carbons (Fsp3) is 1.00. The zero-order valence-corrected chi connectivity index (χ0v) is 7.54. The van der Waals surface area contributed by atoms with Crippen molar-refractivity contribution in [1.29, 1.82) is 0 Å². The van der Waals surface area contributed by atoms with Gasteiger partial charge < -0.3 is 15.7 Å². The van der Waals surface area contributed by atoms with Crippen LogP contribution in [0, 0.1) is 0 Å². The topological polar surface area (TPSA) is 49.5 Å². The van der Waals surface area contributed by atoms with Crippen LogP contribution >= 0.6 is 24.8 Å². The maximum absolute atomic E-state index is 9.22. The predicted molar refractivity (Wildman–Crippen MR) is 46.0 cm³/mol. The number of β-amino-alcohol motifs (C(OH)–C–C–N with tert-alkyl or cyclic N) is 1. The summed E-state index contributed by atoms with van der Waals surface area (Å²) in [6.45, 7) is 1.84. The maximum atomic E-state index is 9.22. The van der Waals surface area contributed by atoms with Gasteiger partial charge in [-0.3, -0.25) is 0 Å². The predicted octanol–water partition coefficient (Wildman–Crippen LogP) is -0.535. The van der Waals surface area contributed by atoms with Gasteiger partial charge in [-0.15, -0.1) is 24.8 Å². The van der Waals surface area contributed by atoms with Crippen LogP contribution < -0.4 is 5.73 Å². The molecule has 0 unspecified atom stereocenters. The number of hydrogen-bond acceptors (Lipinski definition) is 3. The highest BCUT2D eigenvalue weighted by atomic mass is 35.5. The SMILES string of the molecule is CN1CC(O)(CN)C1.Cl.Cl. The highest BCUT2D eigenvalue weighted by Gasteiger charge is 2.37. The Morgan fingerprint density at radius 2 is 1.90 bits per heavy atom.